The van der Waals surface area contributed by atoms with Crippen molar-refractivity contribution < 1.29 is 6.21 Å². The molecule has 3 N–H and O–H groups in total. The Morgan fingerprint density at radius 3 is 2.86 bits per heavy atom. The Morgan fingerprint density at radius 1 is 1.50 bits per heavy atom. The van der Waals surface area contributed by atoms with Gasteiger partial charge >= 0.3 is 0 Å². The maximum atomic E-state index is 10.5. The minimum Gasteiger partial charge on any atom is -0.369 e. The quantitative estimate of drug-likeness (QED) is 0.722. The van der Waals surface area contributed by atoms with E-state index in [1.54, 1.807) is 0 Å². The lowest BCUT2D eigenvalue weighted by Gasteiger charge is -1.95. The van der Waals surface area contributed by atoms with E-state index in [1.165, 1.54) is 0 Å². The third-order valence-electron chi connectivity index (χ3n) is 1.61. The van der Waals surface area contributed by atoms with Crippen LogP contribution in [0.15, 0.2) is 36.4 Å². The molecule has 0 saturated carbocycles. The molecule has 0 bridgehead atoms. The number of carbonyl (C=O) groups is 1. The minimum atomic E-state index is -0.488. The largest absolute Gasteiger partial charge is 0.369 e. The fraction of sp³-hybridized carbons (Fsp3) is 0.182. The molecule has 0 unspecified atom stereocenters. The van der Waals surface area contributed by atoms with Crippen LogP contribution in [0.1, 0.15) is 5.56 Å². The van der Waals surface area contributed by atoms with Crippen molar-refractivity contribution in [2.75, 3.05) is 13.1 Å². The molecular formula is C11H14N2O. The van der Waals surface area contributed by atoms with Gasteiger partial charge in [-0.3, -0.25) is 4.79 Å². The first kappa shape index (κ1) is 8.97. The first-order valence-corrected chi connectivity index (χ1v) is 4.42. The summed E-state index contributed by atoms with van der Waals surface area (Å²) in [5, 5.41) is 1.11. The SMILES string of the molecule is [2H]N(CC=Cc1ccccc1)CC(N)=O. The molecule has 1 rings (SSSR count). The number of primary amides is 1. The van der Waals surface area contributed by atoms with Gasteiger partial charge in [-0.25, -0.2) is 0 Å². The number of nitrogens with two attached hydrogens (primary N) is 1. The van der Waals surface area contributed by atoms with Gasteiger partial charge in [0.05, 0.1) is 6.54 Å². The monoisotopic (exact) mass is 191 g/mol. The average molecular weight is 191 g/mol. The van der Waals surface area contributed by atoms with Gasteiger partial charge in [0.2, 0.25) is 5.91 Å². The number of hydrogen-bond acceptors (Lipinski definition) is 2. The van der Waals surface area contributed by atoms with Crippen LogP contribution in [-0.4, -0.2) is 19.0 Å². The third-order valence-corrected chi connectivity index (χ3v) is 1.61. The molecule has 14 heavy (non-hydrogen) atoms. The second-order valence-electron chi connectivity index (χ2n) is 2.84. The van der Waals surface area contributed by atoms with Gasteiger partial charge in [-0.15, -0.1) is 0 Å². The van der Waals surface area contributed by atoms with Crippen molar-refractivity contribution in [1.29, 1.82) is 0 Å². The van der Waals surface area contributed by atoms with Gasteiger partial charge in [-0.05, 0) is 5.56 Å². The number of nitrogens with one attached hydrogen (secondary N) is 1. The van der Waals surface area contributed by atoms with E-state index >= 15 is 0 Å². The normalized spacial score (nSPS) is 11.9. The molecule has 1 aromatic rings. The van der Waals surface area contributed by atoms with Crippen LogP contribution in [0.2, 0.25) is 1.41 Å². The zero-order valence-electron chi connectivity index (χ0n) is 8.89. The number of carbonyl (C=O) groups excluding carboxylic acids is 1. The van der Waals surface area contributed by atoms with E-state index in [0.29, 0.717) is 6.54 Å². The molecular weight excluding hydrogens is 176 g/mol. The molecule has 74 valence electrons. The summed E-state index contributed by atoms with van der Waals surface area (Å²) >= 11 is 0. The summed E-state index contributed by atoms with van der Waals surface area (Å²) < 4.78 is 7.35. The van der Waals surface area contributed by atoms with Crippen LogP contribution in [0.25, 0.3) is 6.08 Å². The van der Waals surface area contributed by atoms with Crippen LogP contribution in [-0.2, 0) is 4.79 Å². The fourth-order valence-corrected chi connectivity index (χ4v) is 1.00. The highest BCUT2D eigenvalue weighted by Crippen LogP contribution is 1.99. The molecule has 0 spiro atoms. The average Bonchev–Trinajstić information content (AvgIpc) is 2.18. The van der Waals surface area contributed by atoms with Crippen LogP contribution in [0.4, 0.5) is 0 Å². The fourth-order valence-electron chi connectivity index (χ4n) is 1.00. The van der Waals surface area contributed by atoms with Crippen LogP contribution in [0.5, 0.6) is 0 Å². The molecule has 1 aromatic carbocycles. The molecule has 0 saturated heterocycles. The Morgan fingerprint density at radius 2 is 2.21 bits per heavy atom. The highest BCUT2D eigenvalue weighted by molar-refractivity contribution is 5.75. The van der Waals surface area contributed by atoms with Gasteiger partial charge < -0.3 is 11.0 Å². The first-order valence-electron chi connectivity index (χ1n) is 4.87. The van der Waals surface area contributed by atoms with Crippen molar-refractivity contribution in [3.05, 3.63) is 42.0 Å². The molecule has 0 radical (unpaired) electrons. The molecule has 0 fully saturated rings. The first-order chi connectivity index (χ1) is 7.18. The predicted molar refractivity (Wildman–Crippen MR) is 57.5 cm³/mol. The molecule has 0 aromatic heterocycles. The smallest absolute Gasteiger partial charge is 0.231 e. The standard InChI is InChI=1S/C11H14N2O/c12-11(14)9-13-8-4-7-10-5-2-1-3-6-10/h1-7,13H,8-9H2,(H2,12,14)/i/hD. The van der Waals surface area contributed by atoms with E-state index in [4.69, 9.17) is 7.15 Å². The second kappa shape index (κ2) is 5.94. The highest BCUT2D eigenvalue weighted by atomic mass is 16.1. The Kier molecular flexibility index (Phi) is 3.80. The highest BCUT2D eigenvalue weighted by Gasteiger charge is 1.88. The topological polar surface area (TPSA) is 55.1 Å². The lowest BCUT2D eigenvalue weighted by atomic mass is 10.2. The maximum Gasteiger partial charge on any atom is 0.231 e. The summed E-state index contributed by atoms with van der Waals surface area (Å²) in [4.78, 5) is 10.5. The van der Waals surface area contributed by atoms with E-state index in [1.807, 2.05) is 42.5 Å². The number of rotatable bonds is 5. The van der Waals surface area contributed by atoms with Gasteiger partial charge in [0.1, 0.15) is 1.41 Å². The van der Waals surface area contributed by atoms with Crippen LogP contribution >= 0.6 is 0 Å². The molecule has 0 atom stereocenters. The molecule has 0 heterocycles. The van der Waals surface area contributed by atoms with Crippen molar-refractivity contribution >= 4 is 12.0 Å². The summed E-state index contributed by atoms with van der Waals surface area (Å²) in [6.45, 7) is 0.344. The lowest BCUT2D eigenvalue weighted by molar-refractivity contribution is -0.117. The van der Waals surface area contributed by atoms with Gasteiger partial charge in [-0.2, -0.15) is 0 Å². The molecule has 3 heteroatoms. The molecule has 0 aliphatic carbocycles. The van der Waals surface area contributed by atoms with Crippen molar-refractivity contribution in [2.45, 2.75) is 0 Å². The van der Waals surface area contributed by atoms with E-state index in [-0.39, 0.29) is 6.54 Å². The Labute approximate surface area is 85.1 Å². The van der Waals surface area contributed by atoms with Crippen molar-refractivity contribution in [3.63, 3.8) is 0 Å². The predicted octanol–water partition coefficient (Wildman–Crippen LogP) is 0.775. The minimum absolute atomic E-state index is 0.0425. The summed E-state index contributed by atoms with van der Waals surface area (Å²) in [7, 11) is 0. The third kappa shape index (κ3) is 4.42. The Bertz CT molecular complexity index is 338. The van der Waals surface area contributed by atoms with Crippen molar-refractivity contribution in [2.24, 2.45) is 5.73 Å². The van der Waals surface area contributed by atoms with E-state index in [9.17, 15) is 4.79 Å². The summed E-state index contributed by atoms with van der Waals surface area (Å²) in [5.74, 6) is -0.488. The maximum absolute atomic E-state index is 10.5. The second-order valence-corrected chi connectivity index (χ2v) is 2.84. The van der Waals surface area contributed by atoms with E-state index in [2.05, 4.69) is 0 Å². The zero-order chi connectivity index (χ0) is 11.1. The Balaban J connectivity index is 2.37. The van der Waals surface area contributed by atoms with Crippen LogP contribution < -0.4 is 11.0 Å². The zero-order valence-corrected chi connectivity index (χ0v) is 7.89. The van der Waals surface area contributed by atoms with Gasteiger partial charge in [0, 0.05) is 6.54 Å². The number of benzene rings is 1. The summed E-state index contributed by atoms with van der Waals surface area (Å²) in [5.41, 5.74) is 6.03. The number of hydrogen-bond donors (Lipinski definition) is 2. The van der Waals surface area contributed by atoms with Crippen LogP contribution in [0.3, 0.4) is 0 Å². The molecule has 1 amide bonds. The lowest BCUT2D eigenvalue weighted by Crippen LogP contribution is -2.28. The Hall–Kier alpha value is -1.61. The summed E-state index contributed by atoms with van der Waals surface area (Å²) in [6.07, 6.45) is 3.73. The van der Waals surface area contributed by atoms with Gasteiger partial charge in [-0.1, -0.05) is 42.5 Å². The molecule has 0 aliphatic rings. The van der Waals surface area contributed by atoms with Crippen molar-refractivity contribution in [1.82, 2.24) is 5.31 Å². The molecule has 3 nitrogen and oxygen atoms in total. The van der Waals surface area contributed by atoms with Gasteiger partial charge in [0.15, 0.2) is 0 Å². The van der Waals surface area contributed by atoms with E-state index in [0.717, 1.165) is 10.9 Å². The van der Waals surface area contributed by atoms with Crippen LogP contribution in [0, 0.1) is 0 Å². The van der Waals surface area contributed by atoms with E-state index < -0.39 is 5.91 Å². The van der Waals surface area contributed by atoms with Gasteiger partial charge in [0.25, 0.3) is 0 Å². The van der Waals surface area contributed by atoms with Crippen molar-refractivity contribution in [3.8, 4) is 0 Å². The molecule has 0 aliphatic heterocycles. The number of amides is 1. The summed E-state index contributed by atoms with van der Waals surface area (Å²) in [6, 6.07) is 9.78.